The molecule has 1 aliphatic rings. The van der Waals surface area contributed by atoms with Crippen molar-refractivity contribution in [3.63, 3.8) is 0 Å². The van der Waals surface area contributed by atoms with E-state index in [-0.39, 0.29) is 12.6 Å². The van der Waals surface area contributed by atoms with Crippen molar-refractivity contribution in [3.8, 4) is 0 Å². The molecular formula is C11H19F3N2O2. The lowest BCUT2D eigenvalue weighted by atomic mass is 10.00. The lowest BCUT2D eigenvalue weighted by molar-refractivity contribution is -0.194. The average Bonchev–Trinajstić information content (AvgIpc) is 2.71. The number of aliphatic hydroxyl groups excluding tert-OH is 1. The summed E-state index contributed by atoms with van der Waals surface area (Å²) in [5.74, 6) is -1.07. The minimum absolute atomic E-state index is 0.0301. The van der Waals surface area contributed by atoms with E-state index in [1.165, 1.54) is 4.90 Å². The van der Waals surface area contributed by atoms with Gasteiger partial charge >= 0.3 is 6.18 Å². The second-order valence-electron chi connectivity index (χ2n) is 4.86. The van der Waals surface area contributed by atoms with Gasteiger partial charge < -0.3 is 15.7 Å². The molecule has 0 aromatic heterocycles. The van der Waals surface area contributed by atoms with Crippen molar-refractivity contribution >= 4 is 5.91 Å². The van der Waals surface area contributed by atoms with Gasteiger partial charge in [0.25, 0.3) is 5.91 Å². The highest BCUT2D eigenvalue weighted by molar-refractivity contribution is 5.87. The zero-order valence-electron chi connectivity index (χ0n) is 10.3. The molecule has 0 bridgehead atoms. The predicted octanol–water partition coefficient (Wildman–Crippen LogP) is 1.03. The first-order valence-electron chi connectivity index (χ1n) is 5.99. The maximum Gasteiger partial charge on any atom is 0.415 e. The van der Waals surface area contributed by atoms with Gasteiger partial charge in [-0.25, -0.2) is 0 Å². The number of alkyl halides is 3. The van der Waals surface area contributed by atoms with Gasteiger partial charge in [0, 0.05) is 19.2 Å². The molecule has 0 saturated carbocycles. The molecule has 1 heterocycles. The molecule has 18 heavy (non-hydrogen) atoms. The van der Waals surface area contributed by atoms with Crippen LogP contribution in [0.5, 0.6) is 0 Å². The smallest absolute Gasteiger partial charge is 0.396 e. The van der Waals surface area contributed by atoms with E-state index in [1.807, 2.05) is 0 Å². The predicted molar refractivity (Wildman–Crippen MR) is 59.7 cm³/mol. The number of hydrogen-bond donors (Lipinski definition) is 2. The quantitative estimate of drug-likeness (QED) is 0.800. The molecule has 0 aromatic rings. The summed E-state index contributed by atoms with van der Waals surface area (Å²) in [7, 11) is 0. The first kappa shape index (κ1) is 15.2. The number of aliphatic hydroxyl groups is 1. The molecule has 7 heteroatoms. The molecule has 1 aliphatic heterocycles. The summed E-state index contributed by atoms with van der Waals surface area (Å²) in [5.41, 5.74) is 2.30. The Hall–Kier alpha value is -0.820. The fraction of sp³-hybridized carbons (Fsp3) is 0.909. The van der Waals surface area contributed by atoms with E-state index in [0.717, 1.165) is 0 Å². The highest BCUT2D eigenvalue weighted by Gasteiger charge is 2.56. The Morgan fingerprint density at radius 3 is 2.61 bits per heavy atom. The lowest BCUT2D eigenvalue weighted by Crippen LogP contribution is -2.62. The standard InChI is InChI=1S/C11H19F3N2O2/c1-10(15,11(12,13)14)9(18)16-6-2-4-8(16)5-3-7-17/h8,17H,2-7,15H2,1H3. The summed E-state index contributed by atoms with van der Waals surface area (Å²) in [4.78, 5) is 13.1. The molecule has 3 N–H and O–H groups in total. The van der Waals surface area contributed by atoms with Gasteiger partial charge in [0.05, 0.1) is 0 Å². The number of nitrogens with two attached hydrogens (primary N) is 1. The molecular weight excluding hydrogens is 249 g/mol. The van der Waals surface area contributed by atoms with Crippen LogP contribution in [0.2, 0.25) is 0 Å². The van der Waals surface area contributed by atoms with E-state index in [4.69, 9.17) is 10.8 Å². The summed E-state index contributed by atoms with van der Waals surface area (Å²) < 4.78 is 38.1. The number of amides is 1. The monoisotopic (exact) mass is 268 g/mol. The Morgan fingerprint density at radius 2 is 2.11 bits per heavy atom. The Balaban J connectivity index is 2.76. The number of halogens is 3. The van der Waals surface area contributed by atoms with E-state index in [1.54, 1.807) is 0 Å². The van der Waals surface area contributed by atoms with Crippen LogP contribution in [0.1, 0.15) is 32.6 Å². The Bertz CT molecular complexity index is 305. The molecule has 2 unspecified atom stereocenters. The van der Waals surface area contributed by atoms with Gasteiger partial charge in [-0.3, -0.25) is 4.79 Å². The van der Waals surface area contributed by atoms with Crippen LogP contribution < -0.4 is 5.73 Å². The molecule has 106 valence electrons. The van der Waals surface area contributed by atoms with Gasteiger partial charge in [0.2, 0.25) is 0 Å². The summed E-state index contributed by atoms with van der Waals surface area (Å²) in [6.07, 6.45) is -2.43. The van der Waals surface area contributed by atoms with Gasteiger partial charge in [0.15, 0.2) is 5.54 Å². The van der Waals surface area contributed by atoms with Crippen molar-refractivity contribution in [2.45, 2.75) is 50.4 Å². The van der Waals surface area contributed by atoms with Crippen LogP contribution in [0.4, 0.5) is 13.2 Å². The van der Waals surface area contributed by atoms with Crippen molar-refractivity contribution in [1.82, 2.24) is 4.90 Å². The van der Waals surface area contributed by atoms with E-state index in [9.17, 15) is 18.0 Å². The minimum Gasteiger partial charge on any atom is -0.396 e. The molecule has 1 saturated heterocycles. The van der Waals surface area contributed by atoms with Crippen LogP contribution >= 0.6 is 0 Å². The van der Waals surface area contributed by atoms with E-state index in [2.05, 4.69) is 0 Å². The van der Waals surface area contributed by atoms with Crippen molar-refractivity contribution in [1.29, 1.82) is 0 Å². The molecule has 1 fully saturated rings. The highest BCUT2D eigenvalue weighted by atomic mass is 19.4. The Labute approximate surface area is 104 Å². The van der Waals surface area contributed by atoms with Crippen LogP contribution in [-0.2, 0) is 4.79 Å². The van der Waals surface area contributed by atoms with Gasteiger partial charge in [-0.1, -0.05) is 0 Å². The Morgan fingerprint density at radius 1 is 1.50 bits per heavy atom. The van der Waals surface area contributed by atoms with Crippen LogP contribution in [0.15, 0.2) is 0 Å². The maximum absolute atomic E-state index is 12.7. The van der Waals surface area contributed by atoms with Crippen LogP contribution in [0.25, 0.3) is 0 Å². The van der Waals surface area contributed by atoms with Crippen LogP contribution in [0.3, 0.4) is 0 Å². The SMILES string of the molecule is CC(N)(C(=O)N1CCCC1CCCO)C(F)(F)F. The third-order valence-electron chi connectivity index (χ3n) is 3.37. The number of likely N-dealkylation sites (tertiary alicyclic amines) is 1. The van der Waals surface area contributed by atoms with Gasteiger partial charge in [-0.15, -0.1) is 0 Å². The molecule has 4 nitrogen and oxygen atoms in total. The van der Waals surface area contributed by atoms with Crippen LogP contribution in [0, 0.1) is 0 Å². The summed E-state index contributed by atoms with van der Waals surface area (Å²) in [6, 6.07) is -0.241. The van der Waals surface area contributed by atoms with Gasteiger partial charge in [0.1, 0.15) is 0 Å². The zero-order valence-corrected chi connectivity index (χ0v) is 10.3. The Kier molecular flexibility index (Phi) is 4.61. The molecule has 2 atom stereocenters. The maximum atomic E-state index is 12.7. The fourth-order valence-electron chi connectivity index (χ4n) is 2.15. The second kappa shape index (κ2) is 5.44. The second-order valence-corrected chi connectivity index (χ2v) is 4.86. The molecule has 0 spiro atoms. The zero-order chi connectivity index (χ0) is 14.0. The number of hydrogen-bond acceptors (Lipinski definition) is 3. The number of carbonyl (C=O) groups excluding carboxylic acids is 1. The molecule has 1 rings (SSSR count). The van der Waals surface area contributed by atoms with Crippen molar-refractivity contribution in [2.75, 3.05) is 13.2 Å². The first-order chi connectivity index (χ1) is 8.21. The van der Waals surface area contributed by atoms with E-state index < -0.39 is 17.6 Å². The van der Waals surface area contributed by atoms with E-state index >= 15 is 0 Å². The first-order valence-corrected chi connectivity index (χ1v) is 5.99. The van der Waals surface area contributed by atoms with E-state index in [0.29, 0.717) is 39.2 Å². The molecule has 0 radical (unpaired) electrons. The number of carbonyl (C=O) groups is 1. The van der Waals surface area contributed by atoms with Gasteiger partial charge in [-0.2, -0.15) is 13.2 Å². The molecule has 0 aromatic carbocycles. The third-order valence-corrected chi connectivity index (χ3v) is 3.37. The summed E-state index contributed by atoms with van der Waals surface area (Å²) in [5, 5.41) is 8.73. The highest BCUT2D eigenvalue weighted by Crippen LogP contribution is 2.32. The van der Waals surface area contributed by atoms with Gasteiger partial charge in [-0.05, 0) is 32.6 Å². The topological polar surface area (TPSA) is 66.6 Å². The average molecular weight is 268 g/mol. The largest absolute Gasteiger partial charge is 0.415 e. The third kappa shape index (κ3) is 2.95. The normalized spacial score (nSPS) is 24.1. The summed E-state index contributed by atoms with van der Waals surface area (Å²) >= 11 is 0. The van der Waals surface area contributed by atoms with Crippen molar-refractivity contribution in [2.24, 2.45) is 5.73 Å². The summed E-state index contributed by atoms with van der Waals surface area (Å²) in [6.45, 7) is 0.978. The lowest BCUT2D eigenvalue weighted by Gasteiger charge is -2.34. The fourth-order valence-corrected chi connectivity index (χ4v) is 2.15. The van der Waals surface area contributed by atoms with Crippen molar-refractivity contribution < 1.29 is 23.1 Å². The van der Waals surface area contributed by atoms with Crippen LogP contribution in [-0.4, -0.2) is 46.8 Å². The molecule has 1 amide bonds. The number of rotatable bonds is 4. The van der Waals surface area contributed by atoms with Crippen molar-refractivity contribution in [3.05, 3.63) is 0 Å². The number of nitrogens with zero attached hydrogens (tertiary/aromatic N) is 1. The molecule has 0 aliphatic carbocycles. The minimum atomic E-state index is -4.76.